The monoisotopic (exact) mass is 278 g/mol. The Morgan fingerprint density at radius 1 is 1.35 bits per heavy atom. The van der Waals surface area contributed by atoms with E-state index in [4.69, 9.17) is 5.73 Å². The predicted molar refractivity (Wildman–Crippen MR) is 74.2 cm³/mol. The van der Waals surface area contributed by atoms with E-state index in [2.05, 4.69) is 15.2 Å². The minimum atomic E-state index is -0.00139. The van der Waals surface area contributed by atoms with Crippen LogP contribution in [0.2, 0.25) is 0 Å². The SMILES string of the molecule is NCCn1cc(C(=O)N2CCN3CCCCC3C2)nn1. The highest BCUT2D eigenvalue weighted by Crippen LogP contribution is 2.21. The maximum Gasteiger partial charge on any atom is 0.276 e. The van der Waals surface area contributed by atoms with Crippen LogP contribution in [0.4, 0.5) is 0 Å². The molecule has 0 bridgehead atoms. The van der Waals surface area contributed by atoms with Crippen molar-refractivity contribution >= 4 is 5.91 Å². The molecule has 7 nitrogen and oxygen atoms in total. The highest BCUT2D eigenvalue weighted by molar-refractivity contribution is 5.92. The van der Waals surface area contributed by atoms with E-state index >= 15 is 0 Å². The zero-order valence-electron chi connectivity index (χ0n) is 11.7. The van der Waals surface area contributed by atoms with Crippen LogP contribution < -0.4 is 5.73 Å². The minimum Gasteiger partial charge on any atom is -0.334 e. The van der Waals surface area contributed by atoms with Crippen LogP contribution in [0.25, 0.3) is 0 Å². The lowest BCUT2D eigenvalue weighted by atomic mass is 9.99. The van der Waals surface area contributed by atoms with Crippen molar-refractivity contribution in [3.63, 3.8) is 0 Å². The zero-order valence-corrected chi connectivity index (χ0v) is 11.7. The molecule has 2 N–H and O–H groups in total. The summed E-state index contributed by atoms with van der Waals surface area (Å²) in [5.41, 5.74) is 5.91. The first-order chi connectivity index (χ1) is 9.78. The van der Waals surface area contributed by atoms with Crippen molar-refractivity contribution in [2.45, 2.75) is 31.8 Å². The molecule has 1 unspecified atom stereocenters. The van der Waals surface area contributed by atoms with Crippen molar-refractivity contribution in [3.05, 3.63) is 11.9 Å². The quantitative estimate of drug-likeness (QED) is 0.810. The Morgan fingerprint density at radius 2 is 2.25 bits per heavy atom. The second-order valence-electron chi connectivity index (χ2n) is 5.59. The van der Waals surface area contributed by atoms with E-state index in [-0.39, 0.29) is 5.91 Å². The van der Waals surface area contributed by atoms with Crippen LogP contribution in [0.15, 0.2) is 6.20 Å². The van der Waals surface area contributed by atoms with Crippen molar-refractivity contribution in [3.8, 4) is 0 Å². The summed E-state index contributed by atoms with van der Waals surface area (Å²) in [6.07, 6.45) is 5.46. The second kappa shape index (κ2) is 5.88. The van der Waals surface area contributed by atoms with E-state index in [1.807, 2.05) is 4.90 Å². The van der Waals surface area contributed by atoms with Crippen LogP contribution in [0.1, 0.15) is 29.8 Å². The molecule has 0 aliphatic carbocycles. The van der Waals surface area contributed by atoms with Gasteiger partial charge in [0.2, 0.25) is 0 Å². The molecule has 1 aromatic heterocycles. The minimum absolute atomic E-state index is 0.00139. The summed E-state index contributed by atoms with van der Waals surface area (Å²) in [5, 5.41) is 7.90. The molecule has 0 saturated carbocycles. The van der Waals surface area contributed by atoms with Crippen molar-refractivity contribution in [1.82, 2.24) is 24.8 Å². The molecular weight excluding hydrogens is 256 g/mol. The predicted octanol–water partition coefficient (Wildman–Crippen LogP) is -0.453. The number of nitrogens with two attached hydrogens (primary N) is 1. The number of carbonyl (C=O) groups excluding carboxylic acids is 1. The van der Waals surface area contributed by atoms with Gasteiger partial charge in [0.1, 0.15) is 0 Å². The van der Waals surface area contributed by atoms with Crippen molar-refractivity contribution in [2.75, 3.05) is 32.7 Å². The number of nitrogens with zero attached hydrogens (tertiary/aromatic N) is 5. The number of fused-ring (bicyclic) bond motifs is 1. The number of piperazine rings is 1. The number of hydrogen-bond acceptors (Lipinski definition) is 5. The van der Waals surface area contributed by atoms with E-state index in [1.54, 1.807) is 10.9 Å². The molecular formula is C13H22N6O. The molecule has 0 aromatic carbocycles. The maximum atomic E-state index is 12.5. The van der Waals surface area contributed by atoms with Gasteiger partial charge in [-0.3, -0.25) is 14.4 Å². The van der Waals surface area contributed by atoms with Crippen molar-refractivity contribution in [2.24, 2.45) is 5.73 Å². The molecule has 1 amide bonds. The summed E-state index contributed by atoms with van der Waals surface area (Å²) in [6.45, 7) is 4.86. The fourth-order valence-corrected chi connectivity index (χ4v) is 3.14. The average Bonchev–Trinajstić information content (AvgIpc) is 2.95. The lowest BCUT2D eigenvalue weighted by Gasteiger charge is -2.43. The first kappa shape index (κ1) is 13.5. The first-order valence-corrected chi connectivity index (χ1v) is 7.41. The highest BCUT2D eigenvalue weighted by atomic mass is 16.2. The normalized spacial score (nSPS) is 23.6. The summed E-state index contributed by atoms with van der Waals surface area (Å²) in [5.74, 6) is -0.00139. The molecule has 1 aromatic rings. The van der Waals surface area contributed by atoms with Crippen LogP contribution in [0.5, 0.6) is 0 Å². The van der Waals surface area contributed by atoms with Gasteiger partial charge in [-0.15, -0.1) is 5.10 Å². The molecule has 0 spiro atoms. The van der Waals surface area contributed by atoms with Crippen molar-refractivity contribution in [1.29, 1.82) is 0 Å². The Labute approximate surface area is 118 Å². The standard InChI is InChI=1S/C13H22N6O/c14-4-6-19-10-12(15-16-19)13(20)18-8-7-17-5-2-1-3-11(17)9-18/h10-11H,1-9,14H2. The van der Waals surface area contributed by atoms with Crippen molar-refractivity contribution < 1.29 is 4.79 Å². The fourth-order valence-electron chi connectivity index (χ4n) is 3.14. The summed E-state index contributed by atoms with van der Waals surface area (Å²) in [6, 6.07) is 0.528. The van der Waals surface area contributed by atoms with Crippen LogP contribution in [-0.4, -0.2) is 69.5 Å². The smallest absolute Gasteiger partial charge is 0.276 e. The van der Waals surface area contributed by atoms with Gasteiger partial charge >= 0.3 is 0 Å². The number of hydrogen-bond donors (Lipinski definition) is 1. The molecule has 3 heterocycles. The Hall–Kier alpha value is -1.47. The van der Waals surface area contributed by atoms with Gasteiger partial charge in [0.05, 0.1) is 12.7 Å². The first-order valence-electron chi connectivity index (χ1n) is 7.41. The van der Waals surface area contributed by atoms with Gasteiger partial charge in [0.25, 0.3) is 5.91 Å². The molecule has 2 aliphatic rings. The fraction of sp³-hybridized carbons (Fsp3) is 0.769. The summed E-state index contributed by atoms with van der Waals surface area (Å²) >= 11 is 0. The van der Waals surface area contributed by atoms with Gasteiger partial charge in [-0.05, 0) is 19.4 Å². The van der Waals surface area contributed by atoms with E-state index in [0.29, 0.717) is 24.8 Å². The lowest BCUT2D eigenvalue weighted by molar-refractivity contribution is 0.0368. The number of aromatic nitrogens is 3. The van der Waals surface area contributed by atoms with Crippen LogP contribution in [0.3, 0.4) is 0 Å². The Morgan fingerprint density at radius 3 is 3.10 bits per heavy atom. The number of amides is 1. The molecule has 2 aliphatic heterocycles. The topological polar surface area (TPSA) is 80.3 Å². The van der Waals surface area contributed by atoms with E-state index < -0.39 is 0 Å². The number of carbonyl (C=O) groups is 1. The number of piperidine rings is 1. The summed E-state index contributed by atoms with van der Waals surface area (Å²) in [4.78, 5) is 16.9. The third-order valence-electron chi connectivity index (χ3n) is 4.24. The van der Waals surface area contributed by atoms with Crippen LogP contribution in [-0.2, 0) is 6.54 Å². The van der Waals surface area contributed by atoms with E-state index in [0.717, 1.165) is 19.6 Å². The molecule has 2 fully saturated rings. The zero-order chi connectivity index (χ0) is 13.9. The van der Waals surface area contributed by atoms with E-state index in [9.17, 15) is 4.79 Å². The van der Waals surface area contributed by atoms with Gasteiger partial charge in [0, 0.05) is 32.2 Å². The van der Waals surface area contributed by atoms with Gasteiger partial charge in [-0.2, -0.15) is 0 Å². The Bertz CT molecular complexity index is 473. The largest absolute Gasteiger partial charge is 0.334 e. The van der Waals surface area contributed by atoms with Crippen LogP contribution in [0, 0.1) is 0 Å². The third-order valence-corrected chi connectivity index (χ3v) is 4.24. The molecule has 2 saturated heterocycles. The Balaban J connectivity index is 1.64. The molecule has 7 heteroatoms. The van der Waals surface area contributed by atoms with Gasteiger partial charge in [0.15, 0.2) is 5.69 Å². The molecule has 20 heavy (non-hydrogen) atoms. The molecule has 110 valence electrons. The summed E-state index contributed by atoms with van der Waals surface area (Å²) < 4.78 is 1.63. The molecule has 3 rings (SSSR count). The molecule has 1 atom stereocenters. The van der Waals surface area contributed by atoms with Gasteiger partial charge in [-0.1, -0.05) is 11.6 Å². The van der Waals surface area contributed by atoms with E-state index in [1.165, 1.54) is 25.8 Å². The van der Waals surface area contributed by atoms with Crippen LogP contribution >= 0.6 is 0 Å². The Kier molecular flexibility index (Phi) is 3.98. The summed E-state index contributed by atoms with van der Waals surface area (Å²) in [7, 11) is 0. The number of rotatable bonds is 3. The van der Waals surface area contributed by atoms with Gasteiger partial charge < -0.3 is 10.6 Å². The third kappa shape index (κ3) is 2.69. The molecule has 0 radical (unpaired) electrons. The second-order valence-corrected chi connectivity index (χ2v) is 5.59. The highest BCUT2D eigenvalue weighted by Gasteiger charge is 2.32. The average molecular weight is 278 g/mol. The lowest BCUT2D eigenvalue weighted by Crippen LogP contribution is -2.56. The maximum absolute atomic E-state index is 12.5. The van der Waals surface area contributed by atoms with Gasteiger partial charge in [-0.25, -0.2) is 0 Å².